The molecule has 0 N–H and O–H groups in total. The predicted octanol–water partition coefficient (Wildman–Crippen LogP) is 2.22. The Bertz CT molecular complexity index is 71.5. The Labute approximate surface area is 35.7 Å². The molecule has 1 unspecified atom stereocenters. The van der Waals surface area contributed by atoms with Gasteiger partial charge in [0.15, 0.2) is 0 Å². The third-order valence-corrected chi connectivity index (χ3v) is 1.57. The smallest absolute Gasteiger partial charge is 0.134 e. The summed E-state index contributed by atoms with van der Waals surface area (Å²) in [5, 5.41) is 0. The van der Waals surface area contributed by atoms with Crippen LogP contribution in [0.4, 0.5) is 4.20 Å². The zero-order valence-corrected chi connectivity index (χ0v) is 4.52. The predicted molar refractivity (Wildman–Crippen MR) is 26.5 cm³/mol. The van der Waals surface area contributed by atoms with Crippen LogP contribution in [0, 0.1) is 6.13 Å². The van der Waals surface area contributed by atoms with Crippen LogP contribution < -0.4 is 0 Å². The second-order valence-electron chi connectivity index (χ2n) is 0.455. The van der Waals surface area contributed by atoms with E-state index in [0.717, 1.165) is 11.4 Å². The molecule has 0 amide bonds. The highest BCUT2D eigenvalue weighted by molar-refractivity contribution is 8.50. The minimum Gasteiger partial charge on any atom is -0.176 e. The van der Waals surface area contributed by atoms with Gasteiger partial charge in [-0.3, -0.25) is 0 Å². The van der Waals surface area contributed by atoms with Crippen molar-refractivity contribution >= 4 is 18.3 Å². The first-order valence-corrected chi connectivity index (χ1v) is 4.15. The Balaban J connectivity index is 2.97. The van der Waals surface area contributed by atoms with Crippen LogP contribution in [0.15, 0.2) is 0 Å². The summed E-state index contributed by atoms with van der Waals surface area (Å²) in [4.78, 5) is 0. The zero-order chi connectivity index (χ0) is 4.28. The SMILES string of the molecule is C#P(F)SC. The van der Waals surface area contributed by atoms with E-state index in [2.05, 4.69) is 6.13 Å². The fourth-order valence-electron chi connectivity index (χ4n) is 0. The van der Waals surface area contributed by atoms with Crippen LogP contribution in [0.25, 0.3) is 0 Å². The van der Waals surface area contributed by atoms with Crippen LogP contribution in [0.2, 0.25) is 0 Å². The first-order valence-electron chi connectivity index (χ1n) is 1.02. The van der Waals surface area contributed by atoms with E-state index >= 15 is 0 Å². The maximum Gasteiger partial charge on any atom is 0.134 e. The van der Waals surface area contributed by atoms with Crippen molar-refractivity contribution in [2.24, 2.45) is 0 Å². The van der Waals surface area contributed by atoms with Gasteiger partial charge >= 0.3 is 0 Å². The third-order valence-electron chi connectivity index (χ3n) is 0.174. The van der Waals surface area contributed by atoms with E-state index in [1.807, 2.05) is 0 Å². The molecule has 30 valence electrons. The van der Waals surface area contributed by atoms with Gasteiger partial charge in [-0.25, -0.2) is 0 Å². The lowest BCUT2D eigenvalue weighted by Gasteiger charge is -1.70. The molecule has 0 aromatic rings. The summed E-state index contributed by atoms with van der Waals surface area (Å²) in [7, 11) is 0. The molecule has 1 atom stereocenters. The van der Waals surface area contributed by atoms with E-state index in [-0.39, 0.29) is 0 Å². The maximum absolute atomic E-state index is 11.2. The van der Waals surface area contributed by atoms with Gasteiger partial charge in [0.25, 0.3) is 0 Å². The summed E-state index contributed by atoms with van der Waals surface area (Å²) >= 11 is 1.06. The summed E-state index contributed by atoms with van der Waals surface area (Å²) in [6.45, 7) is -1.68. The van der Waals surface area contributed by atoms with Crippen molar-refractivity contribution in [3.63, 3.8) is 0 Å². The molecule has 0 heterocycles. The summed E-state index contributed by atoms with van der Waals surface area (Å²) in [5.41, 5.74) is 0. The van der Waals surface area contributed by atoms with E-state index in [4.69, 9.17) is 0 Å². The Morgan fingerprint density at radius 1 is 2.00 bits per heavy atom. The first-order chi connectivity index (χ1) is 2.27. The Morgan fingerprint density at radius 3 is 2.20 bits per heavy atom. The Kier molecular flexibility index (Phi) is 2.78. The van der Waals surface area contributed by atoms with Gasteiger partial charge in [0.05, 0.1) is 0 Å². The number of rotatable bonds is 0. The Morgan fingerprint density at radius 2 is 2.20 bits per heavy atom. The van der Waals surface area contributed by atoms with Crippen LogP contribution in [0.1, 0.15) is 0 Å². The molecule has 0 saturated carbocycles. The highest BCUT2D eigenvalue weighted by Gasteiger charge is 1.70. The molecule has 0 bridgehead atoms. The van der Waals surface area contributed by atoms with Crippen LogP contribution >= 0.6 is 18.3 Å². The lowest BCUT2D eigenvalue weighted by molar-refractivity contribution is 0.933. The fraction of sp³-hybridized carbons (Fsp3) is 0.500. The normalized spacial score (nSPS) is 11.0. The summed E-state index contributed by atoms with van der Waals surface area (Å²) in [6.07, 6.45) is 6.30. The molecule has 0 saturated heterocycles. The van der Waals surface area contributed by atoms with Crippen molar-refractivity contribution in [3.8, 4) is 6.13 Å². The topological polar surface area (TPSA) is 0 Å². The van der Waals surface area contributed by atoms with Gasteiger partial charge in [-0.2, -0.15) is 4.20 Å². The van der Waals surface area contributed by atoms with Gasteiger partial charge in [0, 0.05) is 0 Å². The number of hydrogen-bond acceptors (Lipinski definition) is 1. The summed E-state index contributed by atoms with van der Waals surface area (Å²) < 4.78 is 11.2. The molecule has 5 heavy (non-hydrogen) atoms. The van der Waals surface area contributed by atoms with Crippen molar-refractivity contribution in [2.75, 3.05) is 6.26 Å². The standard InChI is InChI=1S/C2H4FPS/c1-4(3)5-2/h1H,2H3. The van der Waals surface area contributed by atoms with E-state index in [1.54, 1.807) is 6.26 Å². The molecule has 0 fully saturated rings. The molecule has 0 aromatic carbocycles. The van der Waals surface area contributed by atoms with Crippen LogP contribution in [-0.2, 0) is 0 Å². The van der Waals surface area contributed by atoms with Crippen molar-refractivity contribution < 1.29 is 4.20 Å². The Hall–Kier alpha value is 0.360. The van der Waals surface area contributed by atoms with Gasteiger partial charge in [0.2, 0.25) is 0 Å². The van der Waals surface area contributed by atoms with Crippen molar-refractivity contribution in [3.05, 3.63) is 0 Å². The highest BCUT2D eigenvalue weighted by atomic mass is 32.7. The van der Waals surface area contributed by atoms with E-state index in [1.165, 1.54) is 0 Å². The van der Waals surface area contributed by atoms with Crippen LogP contribution in [0.3, 0.4) is 0 Å². The molecular weight excluding hydrogens is 106 g/mol. The largest absolute Gasteiger partial charge is 0.176 e. The second-order valence-corrected chi connectivity index (χ2v) is 3.51. The molecular formula is C2H4FPS. The number of hydrogen-bond donors (Lipinski definition) is 0. The van der Waals surface area contributed by atoms with Gasteiger partial charge < -0.3 is 0 Å². The molecule has 0 aliphatic heterocycles. The monoisotopic (exact) mass is 110 g/mol. The first kappa shape index (κ1) is 5.36. The molecule has 0 rings (SSSR count). The quantitative estimate of drug-likeness (QED) is 0.431. The molecule has 0 spiro atoms. The van der Waals surface area contributed by atoms with Gasteiger partial charge in [-0.05, 0) is 6.26 Å². The summed E-state index contributed by atoms with van der Waals surface area (Å²) in [6, 6.07) is 0. The molecule has 0 aromatic heterocycles. The van der Waals surface area contributed by atoms with Crippen molar-refractivity contribution in [1.29, 1.82) is 0 Å². The molecule has 0 aliphatic rings. The minimum absolute atomic E-state index is 1.06. The van der Waals surface area contributed by atoms with Crippen molar-refractivity contribution in [1.82, 2.24) is 0 Å². The summed E-state index contributed by atoms with van der Waals surface area (Å²) in [5.74, 6) is 0. The third kappa shape index (κ3) is 4.36. The maximum atomic E-state index is 11.2. The molecule has 0 nitrogen and oxygen atoms in total. The van der Waals surface area contributed by atoms with E-state index < -0.39 is 6.89 Å². The van der Waals surface area contributed by atoms with Crippen molar-refractivity contribution in [2.45, 2.75) is 0 Å². The minimum atomic E-state index is -1.68. The van der Waals surface area contributed by atoms with Gasteiger partial charge in [-0.1, -0.05) is 11.4 Å². The van der Waals surface area contributed by atoms with Gasteiger partial charge in [-0.15, -0.1) is 6.13 Å². The zero-order valence-electron chi connectivity index (χ0n) is 2.81. The van der Waals surface area contributed by atoms with Crippen LogP contribution in [0.5, 0.6) is 0 Å². The number of halogens is 1. The highest BCUT2D eigenvalue weighted by Crippen LogP contribution is 2.32. The average Bonchev–Trinajstić information content (AvgIpc) is 1.38. The van der Waals surface area contributed by atoms with Crippen LogP contribution in [-0.4, -0.2) is 6.26 Å². The molecule has 0 aliphatic carbocycles. The average molecular weight is 110 g/mol. The van der Waals surface area contributed by atoms with Gasteiger partial charge in [0.1, 0.15) is 6.89 Å². The second kappa shape index (κ2) is 2.59. The lowest BCUT2D eigenvalue weighted by atomic mass is 12.0. The van der Waals surface area contributed by atoms with E-state index in [9.17, 15) is 4.20 Å². The van der Waals surface area contributed by atoms with E-state index in [0.29, 0.717) is 0 Å². The lowest BCUT2D eigenvalue weighted by Crippen LogP contribution is -1.20. The molecule has 0 radical (unpaired) electrons. The molecule has 3 heteroatoms. The fourth-order valence-corrected chi connectivity index (χ4v) is 0.